The zero-order valence-electron chi connectivity index (χ0n) is 45.7. The van der Waals surface area contributed by atoms with Crippen LogP contribution in [0.1, 0.15) is 103 Å². The van der Waals surface area contributed by atoms with Crippen LogP contribution in [0.4, 0.5) is 0 Å². The number of nitrogens with two attached hydrogens (primary N) is 4. The summed E-state index contributed by atoms with van der Waals surface area (Å²) in [7, 11) is 0. The third-order valence-corrected chi connectivity index (χ3v) is 14.8. The summed E-state index contributed by atoms with van der Waals surface area (Å²) in [5.74, 6) is -7.36. The number of benzene rings is 2. The van der Waals surface area contributed by atoms with E-state index in [1.807, 2.05) is 32.0 Å². The van der Waals surface area contributed by atoms with Gasteiger partial charge in [0.1, 0.15) is 48.3 Å². The number of carboxylic acid groups (broad SMARTS) is 1. The molecule has 3 aromatic rings. The Morgan fingerprint density at radius 2 is 1.21 bits per heavy atom. The van der Waals surface area contributed by atoms with Crippen molar-refractivity contribution in [1.29, 1.82) is 0 Å². The zero-order chi connectivity index (χ0) is 58.2. The number of primary amides is 1. The fourth-order valence-electron chi connectivity index (χ4n) is 10.7. The van der Waals surface area contributed by atoms with Crippen molar-refractivity contribution in [1.82, 2.24) is 46.3 Å². The van der Waals surface area contributed by atoms with Crippen molar-refractivity contribution in [3.8, 4) is 0 Å². The number of hydrogen-bond donors (Lipinski definition) is 11. The van der Waals surface area contributed by atoms with E-state index in [1.54, 1.807) is 42.6 Å². The van der Waals surface area contributed by atoms with Gasteiger partial charge in [-0.25, -0.2) is 4.79 Å². The maximum absolute atomic E-state index is 14.7. The topological polar surface area (TPSA) is 393 Å². The molecule has 9 amide bonds. The molecule has 0 saturated carbocycles. The number of fused-ring (bicyclic) bond motifs is 1. The molecular weight excluding hydrogens is 1030 g/mol. The molecule has 25 nitrogen and oxygen atoms in total. The van der Waals surface area contributed by atoms with Gasteiger partial charge in [0.25, 0.3) is 0 Å². The highest BCUT2D eigenvalue weighted by Crippen LogP contribution is 2.27. The number of carbonyl (C=O) groups is 10. The van der Waals surface area contributed by atoms with Crippen LogP contribution in [0.3, 0.4) is 0 Å². The number of hydrogen-bond acceptors (Lipinski definition) is 12. The second-order valence-corrected chi connectivity index (χ2v) is 21.3. The van der Waals surface area contributed by atoms with E-state index in [9.17, 15) is 53.1 Å². The van der Waals surface area contributed by atoms with Crippen LogP contribution in [0.25, 0.3) is 10.9 Å². The number of carbonyl (C=O) groups excluding carboxylic acids is 9. The molecule has 9 atom stereocenters. The fourth-order valence-corrected chi connectivity index (χ4v) is 10.7. The van der Waals surface area contributed by atoms with E-state index in [1.165, 1.54) is 21.6 Å². The predicted octanol–water partition coefficient (Wildman–Crippen LogP) is -0.853. The molecule has 2 aromatic carbocycles. The molecule has 3 aliphatic heterocycles. The monoisotopic (exact) mass is 1110 g/mol. The highest BCUT2D eigenvalue weighted by Gasteiger charge is 2.44. The summed E-state index contributed by atoms with van der Waals surface area (Å²) in [4.78, 5) is 149. The molecule has 6 rings (SSSR count). The first-order valence-corrected chi connectivity index (χ1v) is 27.5. The molecule has 80 heavy (non-hydrogen) atoms. The van der Waals surface area contributed by atoms with Gasteiger partial charge in [-0.3, -0.25) is 48.1 Å². The van der Waals surface area contributed by atoms with Gasteiger partial charge >= 0.3 is 5.97 Å². The van der Waals surface area contributed by atoms with E-state index in [4.69, 9.17) is 22.9 Å². The lowest BCUT2D eigenvalue weighted by Crippen LogP contribution is -2.60. The Kier molecular flexibility index (Phi) is 21.9. The normalized spacial score (nSPS) is 19.3. The van der Waals surface area contributed by atoms with Crippen LogP contribution in [-0.4, -0.2) is 170 Å². The highest BCUT2D eigenvalue weighted by molar-refractivity contribution is 5.99. The first kappa shape index (κ1) is 61.1. The first-order chi connectivity index (χ1) is 38.1. The Bertz CT molecular complexity index is 2750. The second kappa shape index (κ2) is 28.7. The van der Waals surface area contributed by atoms with Crippen molar-refractivity contribution in [3.05, 3.63) is 71.9 Å². The number of guanidine groups is 1. The highest BCUT2D eigenvalue weighted by atomic mass is 16.4. The molecule has 3 fully saturated rings. The zero-order valence-corrected chi connectivity index (χ0v) is 45.7. The number of para-hydroxylation sites is 1. The van der Waals surface area contributed by atoms with Crippen molar-refractivity contribution < 1.29 is 53.1 Å². The smallest absolute Gasteiger partial charge is 0.326 e. The number of nitrogens with zero attached hydrogens (tertiary/aromatic N) is 4. The minimum Gasteiger partial charge on any atom is -0.480 e. The largest absolute Gasteiger partial charge is 0.480 e. The van der Waals surface area contributed by atoms with E-state index in [0.29, 0.717) is 56.2 Å². The Hall–Kier alpha value is -8.09. The quantitative estimate of drug-likeness (QED) is 0.0252. The van der Waals surface area contributed by atoms with Gasteiger partial charge in [-0.1, -0.05) is 62.4 Å². The number of aliphatic imine (C=N–C) groups is 1. The van der Waals surface area contributed by atoms with Crippen LogP contribution in [0.15, 0.2) is 65.8 Å². The molecule has 1 aromatic heterocycles. The van der Waals surface area contributed by atoms with Crippen molar-refractivity contribution in [2.24, 2.45) is 33.8 Å². The SMILES string of the molecule is CC(C)C[C@H](NC(=O)[C@H](Cc1ccccc1)NC(=O)[C@@H]1CCCN1C(=O)[C@H](CCC(N)=O)NC(=O)[C@H](Cc1c[nH]c2ccccc12)NC(=O)[C@H](C)NC(=O)[C@@H]1CCCN1C(=O)[C@@H]1CCCN1C(=O)[C@@H](N)CCCN=C(N)N)C(=O)O. The summed E-state index contributed by atoms with van der Waals surface area (Å²) in [6.07, 6.45) is 4.05. The third-order valence-electron chi connectivity index (χ3n) is 14.8. The fraction of sp³-hybridized carbons (Fsp3) is 0.545. The summed E-state index contributed by atoms with van der Waals surface area (Å²) in [5, 5.41) is 24.1. The van der Waals surface area contributed by atoms with Crippen molar-refractivity contribution in [2.75, 3.05) is 26.2 Å². The summed E-state index contributed by atoms with van der Waals surface area (Å²) >= 11 is 0. The number of H-pyrrole nitrogens is 1. The van der Waals surface area contributed by atoms with E-state index >= 15 is 0 Å². The summed E-state index contributed by atoms with van der Waals surface area (Å²) in [6.45, 7) is 5.96. The Morgan fingerprint density at radius 1 is 0.650 bits per heavy atom. The van der Waals surface area contributed by atoms with Gasteiger partial charge < -0.3 is 74.3 Å². The van der Waals surface area contributed by atoms with E-state index in [2.05, 4.69) is 36.6 Å². The van der Waals surface area contributed by atoms with Gasteiger partial charge in [-0.15, -0.1) is 0 Å². The maximum Gasteiger partial charge on any atom is 0.326 e. The van der Waals surface area contributed by atoms with Gasteiger partial charge in [-0.2, -0.15) is 0 Å². The second-order valence-electron chi connectivity index (χ2n) is 21.3. The molecule has 0 unspecified atom stereocenters. The molecule has 0 bridgehead atoms. The lowest BCUT2D eigenvalue weighted by molar-refractivity contribution is -0.147. The summed E-state index contributed by atoms with van der Waals surface area (Å²) in [6, 6.07) is 5.68. The molecule has 434 valence electrons. The van der Waals surface area contributed by atoms with Crippen LogP contribution in [0.2, 0.25) is 0 Å². The standard InChI is InChI=1S/C55H78N14O11/c1-31(2)27-41(54(79)80)66-47(72)39(28-33-13-5-4-6-14-33)65-50(75)43-19-10-24-67(43)52(77)38(21-22-45(57)70)63-48(73)40(29-34-30-61-37-17-8-7-15-35(34)37)64-46(71)32(3)62-49(74)42-18-11-25-68(42)53(78)44-20-12-26-69(44)51(76)36(56)16-9-23-60-55(58)59/h4-8,13-15,17,30-32,36,38-44,61H,9-12,16,18-29,56H2,1-3H3,(H2,57,70)(H,62,74)(H,63,73)(H,64,71)(H,65,75)(H,66,72)(H,79,80)(H4,58,59,60)/t32-,36-,38-,39-,40-,41-,42-,43-,44-/m0/s1. The van der Waals surface area contributed by atoms with Gasteiger partial charge in [0.2, 0.25) is 53.2 Å². The van der Waals surface area contributed by atoms with E-state index in [-0.39, 0.29) is 76.5 Å². The number of likely N-dealkylation sites (tertiary alicyclic amines) is 3. The van der Waals surface area contributed by atoms with Crippen LogP contribution in [0.5, 0.6) is 0 Å². The molecule has 3 aliphatic rings. The number of aliphatic carboxylic acids is 1. The van der Waals surface area contributed by atoms with Crippen LogP contribution < -0.4 is 49.5 Å². The number of aromatic nitrogens is 1. The minimum atomic E-state index is -1.44. The maximum atomic E-state index is 14.7. The van der Waals surface area contributed by atoms with Crippen LogP contribution in [-0.2, 0) is 60.8 Å². The lowest BCUT2D eigenvalue weighted by Gasteiger charge is -2.32. The third kappa shape index (κ3) is 16.5. The van der Waals surface area contributed by atoms with E-state index in [0.717, 1.165) is 10.9 Å². The number of carboxylic acids is 1. The molecule has 0 spiro atoms. The average Bonchev–Trinajstić information content (AvgIpc) is 4.35. The minimum absolute atomic E-state index is 0.000954. The molecule has 4 heterocycles. The van der Waals surface area contributed by atoms with Gasteiger partial charge in [-0.05, 0) is 94.2 Å². The number of nitrogens with one attached hydrogen (secondary N) is 6. The predicted molar refractivity (Wildman–Crippen MR) is 295 cm³/mol. The van der Waals surface area contributed by atoms with Gasteiger partial charge in [0, 0.05) is 62.5 Å². The molecule has 0 aliphatic carbocycles. The molecule has 0 radical (unpaired) electrons. The summed E-state index contributed by atoms with van der Waals surface area (Å²) in [5.41, 5.74) is 24.6. The van der Waals surface area contributed by atoms with Crippen LogP contribution >= 0.6 is 0 Å². The number of amides is 9. The Labute approximate surface area is 464 Å². The van der Waals surface area contributed by atoms with Gasteiger partial charge in [0.05, 0.1) is 6.04 Å². The van der Waals surface area contributed by atoms with E-state index < -0.39 is 114 Å². The average molecular weight is 1110 g/mol. The van der Waals surface area contributed by atoms with Crippen molar-refractivity contribution in [3.63, 3.8) is 0 Å². The molecular formula is C55H78N14O11. The molecule has 15 N–H and O–H groups in total. The van der Waals surface area contributed by atoms with Crippen LogP contribution in [0, 0.1) is 5.92 Å². The number of aromatic amines is 1. The number of rotatable bonds is 27. The van der Waals surface area contributed by atoms with Gasteiger partial charge in [0.15, 0.2) is 5.96 Å². The summed E-state index contributed by atoms with van der Waals surface area (Å²) < 4.78 is 0. The lowest BCUT2D eigenvalue weighted by atomic mass is 10.0. The van der Waals surface area contributed by atoms with Crippen molar-refractivity contribution >= 4 is 76.0 Å². The molecule has 25 heteroatoms. The van der Waals surface area contributed by atoms with Crippen molar-refractivity contribution in [2.45, 2.75) is 159 Å². The molecule has 3 saturated heterocycles. The Morgan fingerprint density at radius 3 is 1.85 bits per heavy atom. The first-order valence-electron chi connectivity index (χ1n) is 27.5. The Balaban J connectivity index is 1.16.